The summed E-state index contributed by atoms with van der Waals surface area (Å²) >= 11 is 0. The van der Waals surface area contributed by atoms with Gasteiger partial charge in [0.25, 0.3) is 0 Å². The first-order valence-electron chi connectivity index (χ1n) is 9.64. The molecule has 5 rings (SSSR count). The summed E-state index contributed by atoms with van der Waals surface area (Å²) in [7, 11) is 1.60. The second-order valence-corrected chi connectivity index (χ2v) is 7.01. The van der Waals surface area contributed by atoms with Gasteiger partial charge in [0.2, 0.25) is 0 Å². The third kappa shape index (κ3) is 3.16. The summed E-state index contributed by atoms with van der Waals surface area (Å²) in [5, 5.41) is 1.05. The number of ether oxygens (including phenoxy) is 1. The average Bonchev–Trinajstić information content (AvgIpc) is 3.41. The summed E-state index contributed by atoms with van der Waals surface area (Å²) in [5.74, 6) is 1.14. The van der Waals surface area contributed by atoms with Crippen LogP contribution < -0.4 is 4.74 Å². The molecule has 0 amide bonds. The Kier molecular flexibility index (Phi) is 4.41. The monoisotopic (exact) mass is 393 g/mol. The maximum atomic E-state index is 13.5. The summed E-state index contributed by atoms with van der Waals surface area (Å²) in [6.07, 6.45) is 3.80. The van der Waals surface area contributed by atoms with Crippen LogP contribution >= 0.6 is 0 Å². The van der Waals surface area contributed by atoms with Crippen molar-refractivity contribution in [3.05, 3.63) is 95.9 Å². The number of methoxy groups -OCH3 is 1. The Hall–Kier alpha value is -4.12. The minimum Gasteiger partial charge on any atom is -0.497 e. The molecule has 0 aliphatic heterocycles. The zero-order chi connectivity index (χ0) is 20.5. The van der Waals surface area contributed by atoms with Gasteiger partial charge in [0.1, 0.15) is 11.6 Å². The number of ketones is 1. The van der Waals surface area contributed by atoms with E-state index >= 15 is 0 Å². The number of fused-ring (bicyclic) bond motifs is 2. The number of Topliss-reactive ketones (excluding diaryl/α,β-unsaturated/α-hetero) is 1. The molecule has 0 atom stereocenters. The van der Waals surface area contributed by atoms with Crippen molar-refractivity contribution >= 4 is 39.4 Å². The molecule has 5 nitrogen and oxygen atoms in total. The number of imidazole rings is 1. The minimum atomic E-state index is -0.109. The van der Waals surface area contributed by atoms with Crippen LogP contribution in [0, 0.1) is 0 Å². The van der Waals surface area contributed by atoms with Crippen LogP contribution in [0.3, 0.4) is 0 Å². The number of allylic oxidation sites excluding steroid dienone is 1. The van der Waals surface area contributed by atoms with Gasteiger partial charge in [-0.3, -0.25) is 4.79 Å². The second kappa shape index (κ2) is 7.37. The largest absolute Gasteiger partial charge is 0.497 e. The van der Waals surface area contributed by atoms with E-state index in [1.54, 1.807) is 31.4 Å². The number of aromatic nitrogens is 3. The van der Waals surface area contributed by atoms with Gasteiger partial charge in [0.15, 0.2) is 5.78 Å². The summed E-state index contributed by atoms with van der Waals surface area (Å²) < 4.78 is 5.22. The molecular weight excluding hydrogens is 374 g/mol. The van der Waals surface area contributed by atoms with Gasteiger partial charge < -0.3 is 14.7 Å². The first-order chi connectivity index (χ1) is 14.7. The second-order valence-electron chi connectivity index (χ2n) is 7.01. The lowest BCUT2D eigenvalue weighted by Gasteiger charge is -2.06. The van der Waals surface area contributed by atoms with Crippen molar-refractivity contribution in [1.82, 2.24) is 15.0 Å². The van der Waals surface area contributed by atoms with Gasteiger partial charge in [-0.05, 0) is 48.5 Å². The van der Waals surface area contributed by atoms with Gasteiger partial charge in [-0.2, -0.15) is 0 Å². The molecule has 0 saturated heterocycles. The molecule has 0 aliphatic carbocycles. The molecule has 0 radical (unpaired) electrons. The first-order valence-corrected chi connectivity index (χ1v) is 9.64. The molecule has 5 aromatic rings. The normalized spacial score (nSPS) is 11.8. The predicted octanol–water partition coefficient (Wildman–Crippen LogP) is 5.48. The van der Waals surface area contributed by atoms with Crippen molar-refractivity contribution in [1.29, 1.82) is 0 Å². The van der Waals surface area contributed by atoms with Crippen LogP contribution in [-0.2, 0) is 0 Å². The molecule has 2 N–H and O–H groups in total. The zero-order valence-electron chi connectivity index (χ0n) is 16.3. The van der Waals surface area contributed by atoms with E-state index in [0.29, 0.717) is 22.7 Å². The fraction of sp³-hybridized carbons (Fsp3) is 0.0400. The third-order valence-corrected chi connectivity index (χ3v) is 5.16. The highest BCUT2D eigenvalue weighted by atomic mass is 16.5. The Morgan fingerprint density at radius 2 is 1.67 bits per heavy atom. The maximum Gasteiger partial charge on any atom is 0.196 e. The molecule has 3 aromatic carbocycles. The van der Waals surface area contributed by atoms with E-state index in [-0.39, 0.29) is 5.78 Å². The van der Waals surface area contributed by atoms with Crippen molar-refractivity contribution in [3.8, 4) is 5.75 Å². The molecule has 146 valence electrons. The lowest BCUT2D eigenvalue weighted by molar-refractivity contribution is 0.105. The molecule has 0 bridgehead atoms. The number of carbonyl (C=O) groups is 1. The van der Waals surface area contributed by atoms with Crippen LogP contribution in [0.2, 0.25) is 0 Å². The number of rotatable bonds is 5. The van der Waals surface area contributed by atoms with Crippen molar-refractivity contribution in [2.24, 2.45) is 0 Å². The van der Waals surface area contributed by atoms with E-state index in [0.717, 1.165) is 27.5 Å². The van der Waals surface area contributed by atoms with Crippen LogP contribution in [0.15, 0.2) is 79.0 Å². The van der Waals surface area contributed by atoms with Gasteiger partial charge in [-0.1, -0.05) is 30.3 Å². The van der Waals surface area contributed by atoms with Gasteiger partial charge in [-0.25, -0.2) is 4.98 Å². The SMILES string of the molecule is COc1ccc(C(=O)C(=Cc2c[nH]c3ccccc23)c2nc3ccccc3[nH]2)cc1. The molecule has 0 unspecified atom stereocenters. The van der Waals surface area contributed by atoms with E-state index in [1.165, 1.54) is 0 Å². The van der Waals surface area contributed by atoms with Crippen LogP contribution in [0.1, 0.15) is 21.7 Å². The van der Waals surface area contributed by atoms with E-state index in [2.05, 4.69) is 15.0 Å². The maximum absolute atomic E-state index is 13.5. The molecule has 2 aromatic heterocycles. The average molecular weight is 393 g/mol. The number of para-hydroxylation sites is 3. The molecule has 2 heterocycles. The van der Waals surface area contributed by atoms with Gasteiger partial charge in [-0.15, -0.1) is 0 Å². The third-order valence-electron chi connectivity index (χ3n) is 5.16. The predicted molar refractivity (Wildman–Crippen MR) is 120 cm³/mol. The van der Waals surface area contributed by atoms with Gasteiger partial charge >= 0.3 is 0 Å². The summed E-state index contributed by atoms with van der Waals surface area (Å²) in [6, 6.07) is 22.9. The summed E-state index contributed by atoms with van der Waals surface area (Å²) in [5.41, 5.74) is 4.73. The molecule has 0 saturated carbocycles. The Bertz CT molecular complexity index is 1360. The highest BCUT2D eigenvalue weighted by Gasteiger charge is 2.19. The lowest BCUT2D eigenvalue weighted by atomic mass is 10.00. The fourth-order valence-corrected chi connectivity index (χ4v) is 3.59. The highest BCUT2D eigenvalue weighted by Crippen LogP contribution is 2.27. The number of nitrogens with zero attached hydrogens (tertiary/aromatic N) is 1. The number of benzene rings is 3. The van der Waals surface area contributed by atoms with Gasteiger partial charge in [0.05, 0.1) is 23.7 Å². The Labute approximate surface area is 173 Å². The number of H-pyrrole nitrogens is 2. The van der Waals surface area contributed by atoms with E-state index in [4.69, 9.17) is 4.74 Å². The highest BCUT2D eigenvalue weighted by molar-refractivity contribution is 6.32. The van der Waals surface area contributed by atoms with Crippen molar-refractivity contribution < 1.29 is 9.53 Å². The van der Waals surface area contributed by atoms with E-state index in [1.807, 2.05) is 60.8 Å². The molecule has 0 fully saturated rings. The van der Waals surface area contributed by atoms with Crippen LogP contribution in [0.25, 0.3) is 33.6 Å². The van der Waals surface area contributed by atoms with Crippen molar-refractivity contribution in [2.75, 3.05) is 7.11 Å². The number of carbonyl (C=O) groups excluding carboxylic acids is 1. The number of aromatic amines is 2. The van der Waals surface area contributed by atoms with Gasteiger partial charge in [0, 0.05) is 28.2 Å². The molecule has 0 spiro atoms. The number of nitrogens with one attached hydrogen (secondary N) is 2. The van der Waals surface area contributed by atoms with Crippen LogP contribution in [0.5, 0.6) is 5.75 Å². The van der Waals surface area contributed by atoms with Crippen molar-refractivity contribution in [2.45, 2.75) is 0 Å². The first kappa shape index (κ1) is 17.9. The Morgan fingerprint density at radius 1 is 0.933 bits per heavy atom. The van der Waals surface area contributed by atoms with Crippen molar-refractivity contribution in [3.63, 3.8) is 0 Å². The zero-order valence-corrected chi connectivity index (χ0v) is 16.3. The van der Waals surface area contributed by atoms with E-state index in [9.17, 15) is 4.79 Å². The van der Waals surface area contributed by atoms with Crippen LogP contribution in [0.4, 0.5) is 0 Å². The fourth-order valence-electron chi connectivity index (χ4n) is 3.59. The lowest BCUT2D eigenvalue weighted by Crippen LogP contribution is -2.04. The molecule has 30 heavy (non-hydrogen) atoms. The molecular formula is C25H19N3O2. The van der Waals surface area contributed by atoms with Crippen LogP contribution in [-0.4, -0.2) is 27.8 Å². The smallest absolute Gasteiger partial charge is 0.196 e. The topological polar surface area (TPSA) is 70.8 Å². The Balaban J connectivity index is 1.67. The van der Waals surface area contributed by atoms with E-state index < -0.39 is 0 Å². The molecule has 5 heteroatoms. The Morgan fingerprint density at radius 3 is 2.43 bits per heavy atom. The minimum absolute atomic E-state index is 0.109. The quantitative estimate of drug-likeness (QED) is 0.307. The summed E-state index contributed by atoms with van der Waals surface area (Å²) in [6.45, 7) is 0. The number of hydrogen-bond donors (Lipinski definition) is 2. The summed E-state index contributed by atoms with van der Waals surface area (Å²) in [4.78, 5) is 24.7. The number of hydrogen-bond acceptors (Lipinski definition) is 3. The molecule has 0 aliphatic rings. The standard InChI is InChI=1S/C25H19N3O2/c1-30-18-12-10-16(11-13-18)24(29)20(25-27-22-8-4-5-9-23(22)28-25)14-17-15-26-21-7-3-2-6-19(17)21/h2-15,26H,1H3,(H,27,28).